The van der Waals surface area contributed by atoms with E-state index >= 15 is 0 Å². The maximum Gasteiger partial charge on any atom is 0.247 e. The second-order valence-electron chi connectivity index (χ2n) is 5.40. The predicted octanol–water partition coefficient (Wildman–Crippen LogP) is 3.12. The molecule has 0 aliphatic carbocycles. The largest absolute Gasteiger partial charge is 0.388 e. The van der Waals surface area contributed by atoms with Crippen molar-refractivity contribution < 1.29 is 9.90 Å². The summed E-state index contributed by atoms with van der Waals surface area (Å²) in [6.07, 6.45) is 3.26. The highest BCUT2D eigenvalue weighted by atomic mass is 35.5. The molecule has 2 N–H and O–H groups in total. The number of hydrogen-bond donors (Lipinski definition) is 2. The van der Waals surface area contributed by atoms with Crippen LogP contribution in [0.1, 0.15) is 25.3 Å². The number of carbonyl (C=O) groups excluding carboxylic acids is 1. The van der Waals surface area contributed by atoms with Crippen LogP contribution in [0.5, 0.6) is 0 Å². The van der Waals surface area contributed by atoms with E-state index in [-0.39, 0.29) is 5.91 Å². The molecule has 0 radical (unpaired) electrons. The highest BCUT2D eigenvalue weighted by Gasteiger charge is 2.29. The summed E-state index contributed by atoms with van der Waals surface area (Å²) in [4.78, 5) is 12.1. The SMILES string of the molecule is C/C(=C/c1cccc(Cl)c1)C(=O)NCC1(O)CCSCC1. The third-order valence-corrected chi connectivity index (χ3v) is 4.81. The Bertz CT molecular complexity index is 539. The van der Waals surface area contributed by atoms with E-state index in [4.69, 9.17) is 11.6 Å². The standard InChI is InChI=1S/C16H20ClNO2S/c1-12(9-13-3-2-4-14(17)10-13)15(19)18-11-16(20)5-7-21-8-6-16/h2-4,9-10,20H,5-8,11H2,1H3,(H,18,19)/b12-9-. The van der Waals surface area contributed by atoms with Crippen molar-refractivity contribution in [2.45, 2.75) is 25.4 Å². The number of hydrogen-bond acceptors (Lipinski definition) is 3. The van der Waals surface area contributed by atoms with Crippen LogP contribution in [0.15, 0.2) is 29.8 Å². The van der Waals surface area contributed by atoms with Crippen LogP contribution in [-0.4, -0.2) is 34.7 Å². The van der Waals surface area contributed by atoms with Crippen LogP contribution in [0.25, 0.3) is 6.08 Å². The van der Waals surface area contributed by atoms with Gasteiger partial charge >= 0.3 is 0 Å². The van der Waals surface area contributed by atoms with Gasteiger partial charge in [-0.1, -0.05) is 23.7 Å². The molecule has 1 saturated heterocycles. The molecule has 2 rings (SSSR count). The molecule has 1 amide bonds. The number of halogens is 1. The molecule has 1 aliphatic heterocycles. The third-order valence-electron chi connectivity index (χ3n) is 3.59. The molecular formula is C16H20ClNO2S. The Labute approximate surface area is 134 Å². The summed E-state index contributed by atoms with van der Waals surface area (Å²) < 4.78 is 0. The van der Waals surface area contributed by atoms with Crippen LogP contribution in [0.4, 0.5) is 0 Å². The number of nitrogens with one attached hydrogen (secondary N) is 1. The molecule has 0 atom stereocenters. The van der Waals surface area contributed by atoms with E-state index in [1.807, 2.05) is 30.0 Å². The van der Waals surface area contributed by atoms with Crippen LogP contribution in [0.2, 0.25) is 5.02 Å². The fourth-order valence-electron chi connectivity index (χ4n) is 2.22. The van der Waals surface area contributed by atoms with E-state index in [0.717, 1.165) is 29.9 Å². The first kappa shape index (κ1) is 16.4. The lowest BCUT2D eigenvalue weighted by Crippen LogP contribution is -2.45. The molecule has 5 heteroatoms. The van der Waals surface area contributed by atoms with E-state index in [1.165, 1.54) is 0 Å². The van der Waals surface area contributed by atoms with Crippen LogP contribution >= 0.6 is 23.4 Å². The number of rotatable bonds is 4. The molecule has 0 unspecified atom stereocenters. The van der Waals surface area contributed by atoms with Crippen molar-refractivity contribution in [2.75, 3.05) is 18.1 Å². The Morgan fingerprint density at radius 2 is 2.19 bits per heavy atom. The van der Waals surface area contributed by atoms with Crippen molar-refractivity contribution in [1.82, 2.24) is 5.32 Å². The van der Waals surface area contributed by atoms with Gasteiger partial charge in [0.1, 0.15) is 0 Å². The molecule has 1 aromatic carbocycles. The number of aliphatic hydroxyl groups is 1. The minimum Gasteiger partial charge on any atom is -0.388 e. The van der Waals surface area contributed by atoms with Crippen molar-refractivity contribution in [2.24, 2.45) is 0 Å². The summed E-state index contributed by atoms with van der Waals surface area (Å²) in [5.41, 5.74) is 0.742. The van der Waals surface area contributed by atoms with Gasteiger partial charge in [0.25, 0.3) is 0 Å². The first-order chi connectivity index (χ1) is 9.98. The Morgan fingerprint density at radius 3 is 2.86 bits per heavy atom. The number of benzene rings is 1. The summed E-state index contributed by atoms with van der Waals surface area (Å²) >= 11 is 7.77. The first-order valence-corrected chi connectivity index (χ1v) is 8.54. The van der Waals surface area contributed by atoms with Crippen molar-refractivity contribution in [3.05, 3.63) is 40.4 Å². The monoisotopic (exact) mass is 325 g/mol. The Hall–Kier alpha value is -0.970. The van der Waals surface area contributed by atoms with Crippen molar-refractivity contribution in [3.8, 4) is 0 Å². The van der Waals surface area contributed by atoms with Gasteiger partial charge in [-0.3, -0.25) is 4.79 Å². The summed E-state index contributed by atoms with van der Waals surface area (Å²) in [5.74, 6) is 1.74. The van der Waals surface area contributed by atoms with Crippen LogP contribution in [0, 0.1) is 0 Å². The molecule has 0 saturated carbocycles. The van der Waals surface area contributed by atoms with Crippen LogP contribution < -0.4 is 5.32 Å². The lowest BCUT2D eigenvalue weighted by Gasteiger charge is -2.31. The molecule has 1 aromatic rings. The normalized spacial score (nSPS) is 18.3. The lowest BCUT2D eigenvalue weighted by molar-refractivity contribution is -0.118. The number of carbonyl (C=O) groups is 1. The average Bonchev–Trinajstić information content (AvgIpc) is 2.45. The fourth-order valence-corrected chi connectivity index (χ4v) is 3.68. The van der Waals surface area contributed by atoms with Gasteiger partial charge in [0.2, 0.25) is 5.91 Å². The molecule has 1 aliphatic rings. The molecule has 1 fully saturated rings. The van der Waals surface area contributed by atoms with E-state index in [0.29, 0.717) is 17.1 Å². The maximum atomic E-state index is 12.1. The van der Waals surface area contributed by atoms with Gasteiger partial charge in [-0.05, 0) is 55.0 Å². The van der Waals surface area contributed by atoms with Gasteiger partial charge in [-0.25, -0.2) is 0 Å². The highest BCUT2D eigenvalue weighted by Crippen LogP contribution is 2.26. The summed E-state index contributed by atoms with van der Waals surface area (Å²) in [7, 11) is 0. The van der Waals surface area contributed by atoms with E-state index < -0.39 is 5.60 Å². The van der Waals surface area contributed by atoms with Gasteiger partial charge in [-0.2, -0.15) is 11.8 Å². The molecule has 0 spiro atoms. The minimum absolute atomic E-state index is 0.151. The van der Waals surface area contributed by atoms with E-state index in [1.54, 1.807) is 19.1 Å². The second kappa shape index (κ2) is 7.34. The summed E-state index contributed by atoms with van der Waals surface area (Å²) in [5, 5.41) is 13.8. The smallest absolute Gasteiger partial charge is 0.247 e. The Balaban J connectivity index is 1.93. The molecule has 3 nitrogen and oxygen atoms in total. The zero-order chi connectivity index (χ0) is 15.3. The first-order valence-electron chi connectivity index (χ1n) is 7.01. The topological polar surface area (TPSA) is 49.3 Å². The molecule has 114 valence electrons. The van der Waals surface area contributed by atoms with E-state index in [2.05, 4.69) is 5.32 Å². The van der Waals surface area contributed by atoms with Gasteiger partial charge in [0.05, 0.1) is 5.60 Å². The zero-order valence-corrected chi connectivity index (χ0v) is 13.6. The maximum absolute atomic E-state index is 12.1. The van der Waals surface area contributed by atoms with Crippen molar-refractivity contribution >= 4 is 35.3 Å². The molecule has 0 bridgehead atoms. The van der Waals surface area contributed by atoms with Crippen molar-refractivity contribution in [1.29, 1.82) is 0 Å². The fraction of sp³-hybridized carbons (Fsp3) is 0.438. The molecule has 0 aromatic heterocycles. The Morgan fingerprint density at radius 1 is 1.48 bits per heavy atom. The Kier molecular flexibility index (Phi) is 5.73. The van der Waals surface area contributed by atoms with E-state index in [9.17, 15) is 9.90 Å². The summed E-state index contributed by atoms with van der Waals surface area (Å²) in [6.45, 7) is 2.07. The van der Waals surface area contributed by atoms with Gasteiger partial charge in [-0.15, -0.1) is 0 Å². The number of thioether (sulfide) groups is 1. The zero-order valence-electron chi connectivity index (χ0n) is 12.1. The van der Waals surface area contributed by atoms with Gasteiger partial charge in [0, 0.05) is 17.1 Å². The third kappa shape index (κ3) is 5.06. The molecule has 21 heavy (non-hydrogen) atoms. The molecular weight excluding hydrogens is 306 g/mol. The molecule has 1 heterocycles. The minimum atomic E-state index is -0.753. The van der Waals surface area contributed by atoms with Gasteiger partial charge < -0.3 is 10.4 Å². The predicted molar refractivity (Wildman–Crippen MR) is 89.6 cm³/mol. The highest BCUT2D eigenvalue weighted by molar-refractivity contribution is 7.99. The number of amides is 1. The second-order valence-corrected chi connectivity index (χ2v) is 7.06. The van der Waals surface area contributed by atoms with Crippen LogP contribution in [0.3, 0.4) is 0 Å². The average molecular weight is 326 g/mol. The summed E-state index contributed by atoms with van der Waals surface area (Å²) in [6, 6.07) is 7.35. The van der Waals surface area contributed by atoms with Crippen LogP contribution in [-0.2, 0) is 4.79 Å². The quantitative estimate of drug-likeness (QED) is 0.836. The van der Waals surface area contributed by atoms with Gasteiger partial charge in [0.15, 0.2) is 0 Å². The lowest BCUT2D eigenvalue weighted by atomic mass is 9.97. The van der Waals surface area contributed by atoms with Crippen molar-refractivity contribution in [3.63, 3.8) is 0 Å².